The summed E-state index contributed by atoms with van der Waals surface area (Å²) >= 11 is 0. The van der Waals surface area contributed by atoms with Crippen LogP contribution in [0.3, 0.4) is 0 Å². The zero-order valence-electron chi connectivity index (χ0n) is 35.6. The van der Waals surface area contributed by atoms with Crippen LogP contribution in [0, 0.1) is 20.8 Å². The van der Waals surface area contributed by atoms with Gasteiger partial charge < -0.3 is 9.47 Å². The lowest BCUT2D eigenvalue weighted by atomic mass is 9.33. The predicted octanol–water partition coefficient (Wildman–Crippen LogP) is 11.9. The molecule has 2 aliphatic heterocycles. The second-order valence-corrected chi connectivity index (χ2v) is 19.0. The maximum absolute atomic E-state index is 5.60. The van der Waals surface area contributed by atoms with Gasteiger partial charge in [0.1, 0.15) is 5.82 Å². The SMILES string of the molecule is Cc1cccc(C)c1-c1nc2cc(C(C)(C)C)cc3c2n1-c1cccc2c1B3c1ccc(-n3c4ccccc4c4ccccc43)c(C)c1N2c1ccc(C(C)(C)C)cc1. The van der Waals surface area contributed by atoms with Gasteiger partial charge in [0.25, 0.3) is 6.71 Å². The highest BCUT2D eigenvalue weighted by Gasteiger charge is 2.44. The van der Waals surface area contributed by atoms with Gasteiger partial charge in [-0.25, -0.2) is 4.98 Å². The maximum atomic E-state index is 5.60. The number of imidazole rings is 1. The average molecular weight is 765 g/mol. The number of aryl methyl sites for hydroxylation is 2. The Balaban J connectivity index is 1.27. The van der Waals surface area contributed by atoms with E-state index in [0.29, 0.717) is 0 Å². The third kappa shape index (κ3) is 5.06. The molecule has 0 unspecified atom stereocenters. The van der Waals surface area contributed by atoms with Crippen molar-refractivity contribution in [1.29, 1.82) is 0 Å². The van der Waals surface area contributed by atoms with Crippen LogP contribution in [0.25, 0.3) is 55.6 Å². The molecular formula is C54H49BN4. The second-order valence-electron chi connectivity index (χ2n) is 19.0. The van der Waals surface area contributed by atoms with Crippen LogP contribution >= 0.6 is 0 Å². The van der Waals surface area contributed by atoms with Gasteiger partial charge in [-0.2, -0.15) is 0 Å². The highest BCUT2D eigenvalue weighted by atomic mass is 15.2. The Hall–Kier alpha value is -6.33. The summed E-state index contributed by atoms with van der Waals surface area (Å²) in [6, 6.07) is 50.2. The van der Waals surface area contributed by atoms with Gasteiger partial charge in [0.05, 0.1) is 27.8 Å². The van der Waals surface area contributed by atoms with Crippen molar-refractivity contribution < 1.29 is 0 Å². The molecule has 0 aliphatic carbocycles. The first-order valence-corrected chi connectivity index (χ1v) is 21.1. The summed E-state index contributed by atoms with van der Waals surface area (Å²) in [6.07, 6.45) is 0. The number of hydrogen-bond acceptors (Lipinski definition) is 2. The van der Waals surface area contributed by atoms with Crippen LogP contribution in [0.4, 0.5) is 17.1 Å². The van der Waals surface area contributed by atoms with Crippen LogP contribution in [-0.2, 0) is 10.8 Å². The third-order valence-corrected chi connectivity index (χ3v) is 13.3. The van der Waals surface area contributed by atoms with Crippen molar-refractivity contribution in [2.24, 2.45) is 0 Å². The summed E-state index contributed by atoms with van der Waals surface area (Å²) in [6.45, 7) is 20.6. The highest BCUT2D eigenvalue weighted by Crippen LogP contribution is 2.45. The molecule has 0 amide bonds. The highest BCUT2D eigenvalue weighted by molar-refractivity contribution is 7.00. The van der Waals surface area contributed by atoms with Crippen molar-refractivity contribution >= 4 is 73.0 Å². The molecule has 0 atom stereocenters. The van der Waals surface area contributed by atoms with Gasteiger partial charge in [0.2, 0.25) is 0 Å². The number of nitrogens with zero attached hydrogens (tertiary/aromatic N) is 4. The molecule has 0 saturated heterocycles. The Morgan fingerprint density at radius 1 is 0.525 bits per heavy atom. The van der Waals surface area contributed by atoms with E-state index in [-0.39, 0.29) is 17.5 Å². The summed E-state index contributed by atoms with van der Waals surface area (Å²) in [4.78, 5) is 8.17. The lowest BCUT2D eigenvalue weighted by molar-refractivity contribution is 0.590. The molecule has 0 N–H and O–H groups in total. The molecule has 7 aromatic carbocycles. The topological polar surface area (TPSA) is 26.0 Å². The van der Waals surface area contributed by atoms with Gasteiger partial charge >= 0.3 is 0 Å². The van der Waals surface area contributed by atoms with E-state index in [1.165, 1.54) is 99.8 Å². The summed E-state index contributed by atoms with van der Waals surface area (Å²) < 4.78 is 4.98. The third-order valence-electron chi connectivity index (χ3n) is 13.3. The van der Waals surface area contributed by atoms with Crippen molar-refractivity contribution in [3.8, 4) is 22.8 Å². The average Bonchev–Trinajstić information content (AvgIpc) is 3.75. The quantitative estimate of drug-likeness (QED) is 0.168. The molecule has 59 heavy (non-hydrogen) atoms. The number of fused-ring (bicyclic) bond motifs is 7. The summed E-state index contributed by atoms with van der Waals surface area (Å²) in [7, 11) is 0. The van der Waals surface area contributed by atoms with E-state index in [1.807, 2.05) is 0 Å². The molecule has 4 heterocycles. The van der Waals surface area contributed by atoms with Crippen molar-refractivity contribution in [1.82, 2.24) is 14.1 Å². The van der Waals surface area contributed by atoms with Crippen molar-refractivity contribution in [2.75, 3.05) is 4.90 Å². The number of rotatable bonds is 3. The van der Waals surface area contributed by atoms with Crippen molar-refractivity contribution in [2.45, 2.75) is 73.1 Å². The van der Waals surface area contributed by atoms with E-state index in [9.17, 15) is 0 Å². The van der Waals surface area contributed by atoms with Crippen LogP contribution in [0.1, 0.15) is 69.4 Å². The molecule has 0 fully saturated rings. The minimum Gasteiger partial charge on any atom is -0.311 e. The summed E-state index contributed by atoms with van der Waals surface area (Å²) in [5.74, 6) is 1.01. The fourth-order valence-electron chi connectivity index (χ4n) is 10.3. The fraction of sp³-hybridized carbons (Fsp3) is 0.204. The minimum atomic E-state index is -0.0678. The Morgan fingerprint density at radius 3 is 1.78 bits per heavy atom. The van der Waals surface area contributed by atoms with Gasteiger partial charge in [0.15, 0.2) is 0 Å². The lowest BCUT2D eigenvalue weighted by Gasteiger charge is -2.42. The number of aromatic nitrogens is 3. The molecule has 9 aromatic rings. The normalized spacial score (nSPS) is 13.4. The van der Waals surface area contributed by atoms with E-state index in [0.717, 1.165) is 17.0 Å². The molecule has 2 aliphatic rings. The zero-order valence-corrected chi connectivity index (χ0v) is 35.6. The van der Waals surface area contributed by atoms with E-state index >= 15 is 0 Å². The number of para-hydroxylation sites is 2. The molecular weight excluding hydrogens is 715 g/mol. The van der Waals surface area contributed by atoms with E-state index < -0.39 is 0 Å². The molecule has 11 rings (SSSR count). The molecule has 2 aromatic heterocycles. The Kier molecular flexibility index (Phi) is 7.49. The van der Waals surface area contributed by atoms with E-state index in [4.69, 9.17) is 4.98 Å². The van der Waals surface area contributed by atoms with Crippen LogP contribution in [0.5, 0.6) is 0 Å². The van der Waals surface area contributed by atoms with Gasteiger partial charge in [-0.3, -0.25) is 4.57 Å². The molecule has 4 nitrogen and oxygen atoms in total. The lowest BCUT2D eigenvalue weighted by Crippen LogP contribution is -2.60. The first kappa shape index (κ1) is 35.8. The summed E-state index contributed by atoms with van der Waals surface area (Å²) in [5, 5.41) is 2.54. The Labute approximate surface area is 347 Å². The van der Waals surface area contributed by atoms with Gasteiger partial charge in [-0.1, -0.05) is 126 Å². The molecule has 5 heteroatoms. The second kappa shape index (κ2) is 12.3. The van der Waals surface area contributed by atoms with Crippen LogP contribution < -0.4 is 21.3 Å². The maximum Gasteiger partial charge on any atom is 0.252 e. The smallest absolute Gasteiger partial charge is 0.252 e. The van der Waals surface area contributed by atoms with Gasteiger partial charge in [-0.15, -0.1) is 0 Å². The van der Waals surface area contributed by atoms with Crippen LogP contribution in [0.15, 0.2) is 133 Å². The van der Waals surface area contributed by atoms with Crippen molar-refractivity contribution in [3.63, 3.8) is 0 Å². The molecule has 288 valence electrons. The van der Waals surface area contributed by atoms with Crippen molar-refractivity contribution in [3.05, 3.63) is 161 Å². The first-order chi connectivity index (χ1) is 28.3. The van der Waals surface area contributed by atoms with E-state index in [1.54, 1.807) is 0 Å². The number of anilines is 3. The number of benzene rings is 7. The predicted molar refractivity (Wildman–Crippen MR) is 252 cm³/mol. The molecule has 0 radical (unpaired) electrons. The fourth-order valence-corrected chi connectivity index (χ4v) is 10.3. The molecule has 0 bridgehead atoms. The Morgan fingerprint density at radius 2 is 1.14 bits per heavy atom. The summed E-state index contributed by atoms with van der Waals surface area (Å²) in [5.41, 5.74) is 22.2. The van der Waals surface area contributed by atoms with Crippen LogP contribution in [0.2, 0.25) is 0 Å². The standard InChI is InChI=1S/C54H49BN4/c1-32-16-14-17-33(2)48(32)52-56-42-31-36(54(7,8)9)30-41-51(42)59(52)47-23-15-22-46-49(47)55(41)40-28-29-43(58-44-20-12-10-18-38(44)39-19-11-13-21-45(39)58)34(3)50(40)57(46)37-26-24-35(25-27-37)53(4,5)6/h10-31H,1-9H3. The molecule has 0 spiro atoms. The zero-order chi connectivity index (χ0) is 40.7. The largest absolute Gasteiger partial charge is 0.311 e. The van der Waals surface area contributed by atoms with Crippen LogP contribution in [-0.4, -0.2) is 20.8 Å². The molecule has 0 saturated carbocycles. The minimum absolute atomic E-state index is 0.00650. The van der Waals surface area contributed by atoms with E-state index in [2.05, 4.69) is 210 Å². The first-order valence-electron chi connectivity index (χ1n) is 21.1. The van der Waals surface area contributed by atoms with Gasteiger partial charge in [-0.05, 0) is 124 Å². The number of hydrogen-bond donors (Lipinski definition) is 0. The Bertz CT molecular complexity index is 3150. The monoisotopic (exact) mass is 764 g/mol. The van der Waals surface area contributed by atoms with Gasteiger partial charge in [0, 0.05) is 39.1 Å².